The number of ether oxygens (including phenoxy) is 1. The number of piperazine rings is 1. The average molecular weight is 268 g/mol. The summed E-state index contributed by atoms with van der Waals surface area (Å²) in [6, 6.07) is 0. The van der Waals surface area contributed by atoms with Crippen LogP contribution in [0.25, 0.3) is 0 Å². The Labute approximate surface area is 114 Å². The molecule has 19 heavy (non-hydrogen) atoms. The van der Waals surface area contributed by atoms with Gasteiger partial charge in [0.25, 0.3) is 0 Å². The number of nitrogens with zero attached hydrogens (tertiary/aromatic N) is 2. The van der Waals surface area contributed by atoms with Gasteiger partial charge < -0.3 is 14.5 Å². The quantitative estimate of drug-likeness (QED) is 0.768. The number of carbonyl (C=O) groups is 2. The second kappa shape index (κ2) is 6.89. The van der Waals surface area contributed by atoms with Gasteiger partial charge in [-0.1, -0.05) is 19.3 Å². The number of hydrogen-bond donors (Lipinski definition) is 0. The van der Waals surface area contributed by atoms with Crippen LogP contribution in [-0.2, 0) is 14.3 Å². The van der Waals surface area contributed by atoms with Gasteiger partial charge in [0.15, 0.2) is 0 Å². The Morgan fingerprint density at radius 3 is 2.16 bits per heavy atom. The van der Waals surface area contributed by atoms with Crippen LogP contribution in [0.1, 0.15) is 39.0 Å². The van der Waals surface area contributed by atoms with Gasteiger partial charge in [0.2, 0.25) is 11.8 Å². The average Bonchev–Trinajstić information content (AvgIpc) is 2.46. The fourth-order valence-corrected chi connectivity index (χ4v) is 2.78. The lowest BCUT2D eigenvalue weighted by atomic mass is 9.98. The maximum absolute atomic E-state index is 12.0. The second-order valence-corrected chi connectivity index (χ2v) is 5.46. The lowest BCUT2D eigenvalue weighted by Crippen LogP contribution is -2.51. The van der Waals surface area contributed by atoms with Crippen LogP contribution >= 0.6 is 0 Å². The van der Waals surface area contributed by atoms with E-state index in [2.05, 4.69) is 0 Å². The SMILES string of the molecule is CC(=O)N1CCN(C(=O)COC2CCCCC2)CC1. The number of rotatable bonds is 3. The van der Waals surface area contributed by atoms with E-state index in [1.807, 2.05) is 4.90 Å². The molecular formula is C14H24N2O3. The zero-order valence-corrected chi connectivity index (χ0v) is 11.8. The van der Waals surface area contributed by atoms with Gasteiger partial charge in [0, 0.05) is 33.1 Å². The standard InChI is InChI=1S/C14H24N2O3/c1-12(17)15-7-9-16(10-8-15)14(18)11-19-13-5-3-2-4-6-13/h13H,2-11H2,1H3. The van der Waals surface area contributed by atoms with E-state index in [4.69, 9.17) is 4.74 Å². The molecule has 2 aliphatic rings. The van der Waals surface area contributed by atoms with Gasteiger partial charge in [-0.15, -0.1) is 0 Å². The first-order chi connectivity index (χ1) is 9.16. The van der Waals surface area contributed by atoms with Crippen molar-refractivity contribution in [2.24, 2.45) is 0 Å². The third kappa shape index (κ3) is 4.20. The maximum atomic E-state index is 12.0. The van der Waals surface area contributed by atoms with Gasteiger partial charge in [-0.3, -0.25) is 9.59 Å². The van der Waals surface area contributed by atoms with Crippen LogP contribution in [0, 0.1) is 0 Å². The van der Waals surface area contributed by atoms with Crippen molar-refractivity contribution in [3.05, 3.63) is 0 Å². The molecule has 2 fully saturated rings. The molecule has 1 aliphatic carbocycles. The molecule has 0 aromatic heterocycles. The van der Waals surface area contributed by atoms with Gasteiger partial charge in [0.05, 0.1) is 6.10 Å². The Bertz CT molecular complexity index is 319. The van der Waals surface area contributed by atoms with Crippen molar-refractivity contribution in [3.8, 4) is 0 Å². The molecule has 2 rings (SSSR count). The van der Waals surface area contributed by atoms with E-state index < -0.39 is 0 Å². The fraction of sp³-hybridized carbons (Fsp3) is 0.857. The lowest BCUT2D eigenvalue weighted by molar-refractivity contribution is -0.143. The van der Waals surface area contributed by atoms with Gasteiger partial charge in [-0.2, -0.15) is 0 Å². The first kappa shape index (κ1) is 14.3. The smallest absolute Gasteiger partial charge is 0.248 e. The van der Waals surface area contributed by atoms with E-state index in [9.17, 15) is 9.59 Å². The van der Waals surface area contributed by atoms with Crippen molar-refractivity contribution in [3.63, 3.8) is 0 Å². The van der Waals surface area contributed by atoms with Crippen LogP contribution < -0.4 is 0 Å². The summed E-state index contributed by atoms with van der Waals surface area (Å²) in [5.74, 6) is 0.152. The molecule has 0 aromatic rings. The molecule has 1 aliphatic heterocycles. The zero-order chi connectivity index (χ0) is 13.7. The number of amides is 2. The minimum atomic E-state index is 0.0637. The van der Waals surface area contributed by atoms with E-state index in [1.54, 1.807) is 11.8 Å². The van der Waals surface area contributed by atoms with Crippen LogP contribution in [0.4, 0.5) is 0 Å². The Hall–Kier alpha value is -1.10. The molecule has 5 nitrogen and oxygen atoms in total. The molecular weight excluding hydrogens is 244 g/mol. The maximum Gasteiger partial charge on any atom is 0.248 e. The van der Waals surface area contributed by atoms with Crippen LogP contribution in [0.5, 0.6) is 0 Å². The highest BCUT2D eigenvalue weighted by Crippen LogP contribution is 2.20. The number of hydrogen-bond acceptors (Lipinski definition) is 3. The molecule has 0 spiro atoms. The molecule has 5 heteroatoms. The van der Waals surface area contributed by atoms with Crippen molar-refractivity contribution in [2.45, 2.75) is 45.1 Å². The lowest BCUT2D eigenvalue weighted by Gasteiger charge is -2.34. The van der Waals surface area contributed by atoms with Gasteiger partial charge in [-0.05, 0) is 12.8 Å². The third-order valence-corrected chi connectivity index (χ3v) is 4.07. The Balaban J connectivity index is 1.67. The van der Waals surface area contributed by atoms with Crippen LogP contribution in [0.15, 0.2) is 0 Å². The van der Waals surface area contributed by atoms with Gasteiger partial charge in [-0.25, -0.2) is 0 Å². The summed E-state index contributed by atoms with van der Waals surface area (Å²) in [7, 11) is 0. The molecule has 1 heterocycles. The van der Waals surface area contributed by atoms with Crippen LogP contribution in [0.2, 0.25) is 0 Å². The van der Waals surface area contributed by atoms with E-state index in [0.717, 1.165) is 12.8 Å². The molecule has 108 valence electrons. The largest absolute Gasteiger partial charge is 0.368 e. The van der Waals surface area contributed by atoms with E-state index in [0.29, 0.717) is 26.2 Å². The molecule has 0 bridgehead atoms. The summed E-state index contributed by atoms with van der Waals surface area (Å²) in [6.45, 7) is 4.32. The molecule has 1 saturated carbocycles. The Morgan fingerprint density at radius 1 is 1.00 bits per heavy atom. The number of carbonyl (C=O) groups excluding carboxylic acids is 2. The van der Waals surface area contributed by atoms with E-state index in [-0.39, 0.29) is 24.5 Å². The van der Waals surface area contributed by atoms with Crippen molar-refractivity contribution < 1.29 is 14.3 Å². The molecule has 2 amide bonds. The van der Waals surface area contributed by atoms with Crippen molar-refractivity contribution in [2.75, 3.05) is 32.8 Å². The summed E-state index contributed by atoms with van der Waals surface area (Å²) >= 11 is 0. The van der Waals surface area contributed by atoms with Gasteiger partial charge in [0.1, 0.15) is 6.61 Å². The molecule has 0 unspecified atom stereocenters. The minimum Gasteiger partial charge on any atom is -0.368 e. The normalized spacial score (nSPS) is 21.5. The highest BCUT2D eigenvalue weighted by atomic mass is 16.5. The van der Waals surface area contributed by atoms with E-state index >= 15 is 0 Å². The second-order valence-electron chi connectivity index (χ2n) is 5.46. The predicted molar refractivity (Wildman–Crippen MR) is 71.7 cm³/mol. The first-order valence-electron chi connectivity index (χ1n) is 7.31. The highest BCUT2D eigenvalue weighted by Gasteiger charge is 2.23. The third-order valence-electron chi connectivity index (χ3n) is 4.07. The van der Waals surface area contributed by atoms with Crippen LogP contribution in [-0.4, -0.2) is 60.5 Å². The zero-order valence-electron chi connectivity index (χ0n) is 11.8. The highest BCUT2D eigenvalue weighted by molar-refractivity contribution is 5.78. The Kier molecular flexibility index (Phi) is 5.19. The summed E-state index contributed by atoms with van der Waals surface area (Å²) in [4.78, 5) is 26.8. The van der Waals surface area contributed by atoms with Crippen molar-refractivity contribution >= 4 is 11.8 Å². The fourth-order valence-electron chi connectivity index (χ4n) is 2.78. The molecule has 0 atom stereocenters. The Morgan fingerprint density at radius 2 is 1.58 bits per heavy atom. The van der Waals surface area contributed by atoms with Crippen molar-refractivity contribution in [1.82, 2.24) is 9.80 Å². The molecule has 1 saturated heterocycles. The molecule has 0 radical (unpaired) electrons. The molecule has 0 aromatic carbocycles. The summed E-state index contributed by atoms with van der Waals surface area (Å²) in [5.41, 5.74) is 0. The minimum absolute atomic E-state index is 0.0637. The monoisotopic (exact) mass is 268 g/mol. The van der Waals surface area contributed by atoms with Crippen LogP contribution in [0.3, 0.4) is 0 Å². The van der Waals surface area contributed by atoms with Gasteiger partial charge >= 0.3 is 0 Å². The predicted octanol–water partition coefficient (Wildman–Crippen LogP) is 1.03. The molecule has 0 N–H and O–H groups in total. The summed E-state index contributed by atoms with van der Waals surface area (Å²) in [5, 5.41) is 0. The summed E-state index contributed by atoms with van der Waals surface area (Å²) in [6.07, 6.45) is 6.18. The van der Waals surface area contributed by atoms with Crippen molar-refractivity contribution in [1.29, 1.82) is 0 Å². The first-order valence-corrected chi connectivity index (χ1v) is 7.31. The van der Waals surface area contributed by atoms with E-state index in [1.165, 1.54) is 19.3 Å². The topological polar surface area (TPSA) is 49.9 Å². The summed E-state index contributed by atoms with van der Waals surface area (Å²) < 4.78 is 5.70.